The van der Waals surface area contributed by atoms with Crippen LogP contribution in [0.3, 0.4) is 0 Å². The van der Waals surface area contributed by atoms with Gasteiger partial charge in [0.05, 0.1) is 5.69 Å². The molecule has 33 heavy (non-hydrogen) atoms. The van der Waals surface area contributed by atoms with Crippen molar-refractivity contribution in [1.82, 2.24) is 10.2 Å². The minimum absolute atomic E-state index is 0.00844. The number of nitrogens with one attached hydrogen (secondary N) is 2. The molecule has 1 heterocycles. The molecule has 1 unspecified atom stereocenters. The number of aliphatic imine (C=N–C) groups is 1. The Morgan fingerprint density at radius 3 is 2.42 bits per heavy atom. The van der Waals surface area contributed by atoms with Crippen molar-refractivity contribution in [2.24, 2.45) is 4.99 Å². The van der Waals surface area contributed by atoms with E-state index in [0.29, 0.717) is 10.9 Å². The van der Waals surface area contributed by atoms with Crippen LogP contribution in [0.1, 0.15) is 37.0 Å². The third kappa shape index (κ3) is 6.44. The molecule has 2 aromatic carbocycles. The number of amides is 3. The first kappa shape index (κ1) is 24.5. The highest BCUT2D eigenvalue weighted by Gasteiger charge is 2.40. The fourth-order valence-corrected chi connectivity index (χ4v) is 4.51. The maximum absolute atomic E-state index is 13.2. The summed E-state index contributed by atoms with van der Waals surface area (Å²) >= 11 is 1.22. The van der Waals surface area contributed by atoms with E-state index in [2.05, 4.69) is 10.6 Å². The van der Waals surface area contributed by atoms with Gasteiger partial charge in [0.15, 0.2) is 5.17 Å². The maximum Gasteiger partial charge on any atom is 0.243 e. The van der Waals surface area contributed by atoms with Crippen molar-refractivity contribution >= 4 is 46.0 Å². The number of thioether (sulfide) groups is 1. The zero-order valence-electron chi connectivity index (χ0n) is 19.6. The number of carbonyl (C=O) groups is 3. The van der Waals surface area contributed by atoms with E-state index in [1.54, 1.807) is 0 Å². The predicted molar refractivity (Wildman–Crippen MR) is 134 cm³/mol. The highest BCUT2D eigenvalue weighted by atomic mass is 32.2. The molecule has 7 nitrogen and oxygen atoms in total. The van der Waals surface area contributed by atoms with Gasteiger partial charge >= 0.3 is 0 Å². The van der Waals surface area contributed by atoms with Gasteiger partial charge in [0, 0.05) is 18.2 Å². The Kier molecular flexibility index (Phi) is 7.92. The number of anilines is 1. The molecule has 1 saturated heterocycles. The van der Waals surface area contributed by atoms with E-state index in [1.165, 1.54) is 16.7 Å². The molecule has 1 atom stereocenters. The second-order valence-corrected chi connectivity index (χ2v) is 9.65. The van der Waals surface area contributed by atoms with Crippen molar-refractivity contribution in [3.8, 4) is 0 Å². The minimum Gasteiger partial charge on any atom is -0.352 e. The van der Waals surface area contributed by atoms with Crippen molar-refractivity contribution in [1.29, 1.82) is 0 Å². The quantitative estimate of drug-likeness (QED) is 0.643. The van der Waals surface area contributed by atoms with Crippen LogP contribution in [0.2, 0.25) is 0 Å². The molecular formula is C25H30N4O3S. The summed E-state index contributed by atoms with van der Waals surface area (Å²) in [4.78, 5) is 44.3. The normalized spacial score (nSPS) is 17.0. The van der Waals surface area contributed by atoms with Gasteiger partial charge in [-0.15, -0.1) is 0 Å². The van der Waals surface area contributed by atoms with Crippen LogP contribution in [0, 0.1) is 20.8 Å². The average molecular weight is 467 g/mol. The summed E-state index contributed by atoms with van der Waals surface area (Å²) in [5.74, 6) is -0.816. The van der Waals surface area contributed by atoms with Crippen molar-refractivity contribution in [2.45, 2.75) is 52.3 Å². The van der Waals surface area contributed by atoms with E-state index < -0.39 is 5.25 Å². The Labute approximate surface area is 199 Å². The van der Waals surface area contributed by atoms with E-state index in [1.807, 2.05) is 77.1 Å². The van der Waals surface area contributed by atoms with Crippen LogP contribution in [-0.2, 0) is 14.4 Å². The van der Waals surface area contributed by atoms with Gasteiger partial charge in [0.1, 0.15) is 11.8 Å². The number of hydrogen-bond acceptors (Lipinski definition) is 5. The molecule has 0 aromatic heterocycles. The third-order valence-electron chi connectivity index (χ3n) is 5.27. The molecule has 0 spiro atoms. The SMILES string of the molecule is Cc1ccc(NC(=O)CC2SC(=Nc3cccc(C)c3C)N(CC(=O)NC(C)C)C2=O)cc1. The molecule has 8 heteroatoms. The van der Waals surface area contributed by atoms with Gasteiger partial charge in [-0.3, -0.25) is 19.3 Å². The van der Waals surface area contributed by atoms with Crippen molar-refractivity contribution in [3.05, 3.63) is 59.2 Å². The molecule has 3 rings (SSSR count). The van der Waals surface area contributed by atoms with Crippen LogP contribution < -0.4 is 10.6 Å². The van der Waals surface area contributed by atoms with Gasteiger partial charge in [0.25, 0.3) is 0 Å². The molecule has 1 aliphatic rings. The lowest BCUT2D eigenvalue weighted by Crippen LogP contribution is -2.43. The van der Waals surface area contributed by atoms with Crippen LogP contribution in [0.25, 0.3) is 0 Å². The number of aryl methyl sites for hydroxylation is 2. The summed E-state index contributed by atoms with van der Waals surface area (Å²) in [6, 6.07) is 13.2. The van der Waals surface area contributed by atoms with Crippen molar-refractivity contribution in [2.75, 3.05) is 11.9 Å². The molecule has 1 aliphatic heterocycles. The zero-order valence-corrected chi connectivity index (χ0v) is 20.5. The third-order valence-corrected chi connectivity index (χ3v) is 6.44. The topological polar surface area (TPSA) is 90.9 Å². The van der Waals surface area contributed by atoms with Crippen molar-refractivity contribution < 1.29 is 14.4 Å². The second-order valence-electron chi connectivity index (χ2n) is 8.48. The largest absolute Gasteiger partial charge is 0.352 e. The lowest BCUT2D eigenvalue weighted by Gasteiger charge is -2.17. The van der Waals surface area contributed by atoms with Crippen molar-refractivity contribution in [3.63, 3.8) is 0 Å². The van der Waals surface area contributed by atoms with Gasteiger partial charge < -0.3 is 10.6 Å². The summed E-state index contributed by atoms with van der Waals surface area (Å²) in [5, 5.41) is 5.43. The number of carbonyl (C=O) groups excluding carboxylic acids is 3. The summed E-state index contributed by atoms with van der Waals surface area (Å²) in [7, 11) is 0. The van der Waals surface area contributed by atoms with Gasteiger partial charge in [0.2, 0.25) is 17.7 Å². The number of amidine groups is 1. The molecule has 0 aliphatic carbocycles. The van der Waals surface area contributed by atoms with Crippen LogP contribution in [0.5, 0.6) is 0 Å². The highest BCUT2D eigenvalue weighted by molar-refractivity contribution is 8.15. The first-order valence-electron chi connectivity index (χ1n) is 10.9. The summed E-state index contributed by atoms with van der Waals surface area (Å²) in [6.07, 6.45) is -0.00844. The molecule has 0 bridgehead atoms. The monoisotopic (exact) mass is 466 g/mol. The van der Waals surface area contributed by atoms with Gasteiger partial charge in [-0.25, -0.2) is 4.99 Å². The fraction of sp³-hybridized carbons (Fsp3) is 0.360. The Morgan fingerprint density at radius 2 is 1.76 bits per heavy atom. The maximum atomic E-state index is 13.2. The highest BCUT2D eigenvalue weighted by Crippen LogP contribution is 2.33. The van der Waals surface area contributed by atoms with Gasteiger partial charge in [-0.05, 0) is 63.9 Å². The molecule has 174 valence electrons. The molecule has 2 N–H and O–H groups in total. The molecule has 2 aromatic rings. The van der Waals surface area contributed by atoms with Crippen LogP contribution in [0.4, 0.5) is 11.4 Å². The summed E-state index contributed by atoms with van der Waals surface area (Å²) < 4.78 is 0. The van der Waals surface area contributed by atoms with Crippen LogP contribution in [0.15, 0.2) is 47.5 Å². The summed E-state index contributed by atoms with van der Waals surface area (Å²) in [5.41, 5.74) is 4.61. The zero-order chi connectivity index (χ0) is 24.1. The molecule has 3 amide bonds. The number of rotatable bonds is 7. The molecule has 1 fully saturated rings. The number of nitrogens with zero attached hydrogens (tertiary/aromatic N) is 2. The Bertz CT molecular complexity index is 1080. The van der Waals surface area contributed by atoms with Crippen LogP contribution >= 0.6 is 11.8 Å². The van der Waals surface area contributed by atoms with E-state index >= 15 is 0 Å². The smallest absolute Gasteiger partial charge is 0.243 e. The standard InChI is InChI=1S/C25H30N4O3S/c1-15(2)26-23(31)14-29-24(32)21(13-22(30)27-19-11-9-16(3)10-12-19)33-25(29)28-20-8-6-7-17(4)18(20)5/h6-12,15,21H,13-14H2,1-5H3,(H,26,31)(H,27,30). The minimum atomic E-state index is -0.647. The predicted octanol–water partition coefficient (Wildman–Crippen LogP) is 4.10. The first-order valence-corrected chi connectivity index (χ1v) is 11.8. The van der Waals surface area contributed by atoms with E-state index in [9.17, 15) is 14.4 Å². The van der Waals surface area contributed by atoms with Crippen LogP contribution in [-0.4, -0.2) is 45.6 Å². The second kappa shape index (κ2) is 10.7. The molecular weight excluding hydrogens is 436 g/mol. The molecule has 0 saturated carbocycles. The average Bonchev–Trinajstić information content (AvgIpc) is 3.01. The Hall–Kier alpha value is -3.13. The number of hydrogen-bond donors (Lipinski definition) is 2. The number of benzene rings is 2. The lowest BCUT2D eigenvalue weighted by atomic mass is 10.1. The fourth-order valence-electron chi connectivity index (χ4n) is 3.36. The van der Waals surface area contributed by atoms with E-state index in [-0.39, 0.29) is 36.7 Å². The first-order chi connectivity index (χ1) is 15.6. The Morgan fingerprint density at radius 1 is 1.06 bits per heavy atom. The van der Waals surface area contributed by atoms with E-state index in [4.69, 9.17) is 4.99 Å². The molecule has 0 radical (unpaired) electrons. The Balaban J connectivity index is 1.81. The summed E-state index contributed by atoms with van der Waals surface area (Å²) in [6.45, 7) is 9.53. The van der Waals surface area contributed by atoms with Gasteiger partial charge in [-0.2, -0.15) is 0 Å². The van der Waals surface area contributed by atoms with E-state index in [0.717, 1.165) is 22.4 Å². The lowest BCUT2D eigenvalue weighted by molar-refractivity contribution is -0.132. The van der Waals surface area contributed by atoms with Gasteiger partial charge in [-0.1, -0.05) is 41.6 Å².